The molecule has 3 aromatic rings. The zero-order chi connectivity index (χ0) is 30.9. The number of ether oxygens (including phenoxy) is 1. The van der Waals surface area contributed by atoms with Crippen LogP contribution in [0.15, 0.2) is 36.4 Å². The highest BCUT2D eigenvalue weighted by Crippen LogP contribution is 2.33. The van der Waals surface area contributed by atoms with E-state index in [1.165, 1.54) is 36.2 Å². The van der Waals surface area contributed by atoms with Crippen LogP contribution in [-0.4, -0.2) is 56.0 Å². The fraction of sp³-hybridized carbons (Fsp3) is 0.481. The van der Waals surface area contributed by atoms with Crippen molar-refractivity contribution in [2.24, 2.45) is 13.0 Å². The molecule has 10 nitrogen and oxygen atoms in total. The molecule has 16 heteroatoms. The number of nitrogens with zero attached hydrogens (tertiary/aromatic N) is 6. The van der Waals surface area contributed by atoms with Gasteiger partial charge in [-0.2, -0.15) is 4.80 Å². The van der Waals surface area contributed by atoms with Crippen LogP contribution >= 0.6 is 35.6 Å². The number of alkyl halides is 3. The van der Waals surface area contributed by atoms with Crippen molar-refractivity contribution in [2.45, 2.75) is 58.5 Å². The molecule has 0 radical (unpaired) electrons. The molecule has 1 heterocycles. The second-order valence-electron chi connectivity index (χ2n) is 9.88. The smallest absolute Gasteiger partial charge is 0.450 e. The highest BCUT2D eigenvalue weighted by atomic mass is 35.5. The van der Waals surface area contributed by atoms with Crippen LogP contribution in [0.2, 0.25) is 10.0 Å². The van der Waals surface area contributed by atoms with Crippen LogP contribution in [0.5, 0.6) is 5.75 Å². The van der Waals surface area contributed by atoms with Crippen LogP contribution in [0.25, 0.3) is 0 Å². The standard InChI is InChI=1S/C26H31Cl2F3N6O.CH2O3.ClH/c1-3-36(15-18-7-5-4-6-8-18)24-10-9-23(38-26(29,30)31)13-20(24)17-37(25-32-34-35(2)33-25)16-19-11-21(27)14-22(28)12-19;2-1(3)4;/h9-14,18H,3-8,15-17H2,1-2H3;(H2,2,3,4);1H. The molecule has 0 amide bonds. The number of halogens is 6. The van der Waals surface area contributed by atoms with E-state index >= 15 is 0 Å². The zero-order valence-corrected chi connectivity index (χ0v) is 25.9. The van der Waals surface area contributed by atoms with Crippen molar-refractivity contribution in [1.29, 1.82) is 0 Å². The van der Waals surface area contributed by atoms with Gasteiger partial charge in [0.05, 0.1) is 7.05 Å². The van der Waals surface area contributed by atoms with E-state index in [9.17, 15) is 13.2 Å². The van der Waals surface area contributed by atoms with Gasteiger partial charge in [0.15, 0.2) is 0 Å². The number of hydrogen-bond acceptors (Lipinski definition) is 7. The SMILES string of the molecule is CCN(CC1CCCCC1)c1ccc(OC(F)(F)F)cc1CN(Cc1cc(Cl)cc(Cl)c1)c1nnn(C)n1.Cl.O=C(O)O. The highest BCUT2D eigenvalue weighted by molar-refractivity contribution is 6.34. The van der Waals surface area contributed by atoms with E-state index < -0.39 is 12.5 Å². The molecule has 1 fully saturated rings. The van der Waals surface area contributed by atoms with Gasteiger partial charge in [0.1, 0.15) is 5.75 Å². The molecule has 1 aromatic heterocycles. The minimum absolute atomic E-state index is 0. The van der Waals surface area contributed by atoms with Crippen molar-refractivity contribution in [3.05, 3.63) is 57.6 Å². The third kappa shape index (κ3) is 12.2. The maximum absolute atomic E-state index is 13.1. The number of benzene rings is 2. The van der Waals surface area contributed by atoms with Crippen molar-refractivity contribution in [1.82, 2.24) is 20.2 Å². The molecule has 2 N–H and O–H groups in total. The molecular weight excluding hydrogens is 636 g/mol. The Labute approximate surface area is 263 Å². The third-order valence-electron chi connectivity index (χ3n) is 6.65. The van der Waals surface area contributed by atoms with Crippen LogP contribution in [0, 0.1) is 5.92 Å². The Morgan fingerprint density at radius 2 is 1.67 bits per heavy atom. The lowest BCUT2D eigenvalue weighted by atomic mass is 9.88. The lowest BCUT2D eigenvalue weighted by Crippen LogP contribution is -2.32. The Balaban J connectivity index is 0.00000121. The number of rotatable bonds is 10. The van der Waals surface area contributed by atoms with E-state index in [2.05, 4.69) is 32.0 Å². The summed E-state index contributed by atoms with van der Waals surface area (Å²) in [5.74, 6) is 0.601. The van der Waals surface area contributed by atoms with Crippen LogP contribution in [0.1, 0.15) is 50.2 Å². The van der Waals surface area contributed by atoms with Crippen LogP contribution in [-0.2, 0) is 20.1 Å². The van der Waals surface area contributed by atoms with E-state index in [1.54, 1.807) is 31.3 Å². The molecule has 0 aliphatic heterocycles. The molecule has 43 heavy (non-hydrogen) atoms. The number of aryl methyl sites for hydroxylation is 1. The maximum atomic E-state index is 13.1. The molecule has 238 valence electrons. The summed E-state index contributed by atoms with van der Waals surface area (Å²) < 4.78 is 43.6. The molecule has 0 bridgehead atoms. The second-order valence-corrected chi connectivity index (χ2v) is 10.7. The molecule has 4 rings (SSSR count). The number of tetrazole rings is 1. The van der Waals surface area contributed by atoms with Gasteiger partial charge in [0, 0.05) is 41.9 Å². The number of aromatic nitrogens is 4. The zero-order valence-electron chi connectivity index (χ0n) is 23.6. The Kier molecular flexibility index (Phi) is 13.9. The first-order chi connectivity index (χ1) is 19.8. The molecule has 2 aromatic carbocycles. The van der Waals surface area contributed by atoms with Crippen LogP contribution in [0.3, 0.4) is 0 Å². The first-order valence-electron chi connectivity index (χ1n) is 13.3. The van der Waals surface area contributed by atoms with Crippen LogP contribution in [0.4, 0.5) is 29.6 Å². The quantitative estimate of drug-likeness (QED) is 0.224. The van der Waals surface area contributed by atoms with E-state index in [0.717, 1.165) is 37.2 Å². The molecule has 0 saturated heterocycles. The van der Waals surface area contributed by atoms with E-state index in [-0.39, 0.29) is 24.7 Å². The Bertz CT molecular complexity index is 1300. The first-order valence-corrected chi connectivity index (χ1v) is 14.1. The van der Waals surface area contributed by atoms with Crippen molar-refractivity contribution in [2.75, 3.05) is 22.9 Å². The summed E-state index contributed by atoms with van der Waals surface area (Å²) in [6.07, 6.45) is -0.637. The average Bonchev–Trinajstić information content (AvgIpc) is 3.32. The number of hydrogen-bond donors (Lipinski definition) is 2. The minimum atomic E-state index is -4.80. The summed E-state index contributed by atoms with van der Waals surface area (Å²) in [7, 11) is 1.65. The van der Waals surface area contributed by atoms with Gasteiger partial charge in [-0.3, -0.25) is 0 Å². The Morgan fingerprint density at radius 1 is 1.05 bits per heavy atom. The van der Waals surface area contributed by atoms with Gasteiger partial charge in [0.25, 0.3) is 5.95 Å². The molecular formula is C27H34Cl3F3N6O4. The predicted octanol–water partition coefficient (Wildman–Crippen LogP) is 7.67. The summed E-state index contributed by atoms with van der Waals surface area (Å²) in [6, 6.07) is 9.72. The summed E-state index contributed by atoms with van der Waals surface area (Å²) in [5.41, 5.74) is 2.31. The lowest BCUT2D eigenvalue weighted by molar-refractivity contribution is -0.274. The number of anilines is 2. The fourth-order valence-electron chi connectivity index (χ4n) is 5.00. The van der Waals surface area contributed by atoms with Gasteiger partial charge in [0.2, 0.25) is 0 Å². The maximum Gasteiger partial charge on any atom is 0.573 e. The summed E-state index contributed by atoms with van der Waals surface area (Å²) >= 11 is 12.4. The van der Waals surface area contributed by atoms with Gasteiger partial charge < -0.3 is 24.7 Å². The summed E-state index contributed by atoms with van der Waals surface area (Å²) in [5, 5.41) is 27.4. The Hall–Kier alpha value is -3.16. The van der Waals surface area contributed by atoms with Crippen molar-refractivity contribution in [3.63, 3.8) is 0 Å². The topological polar surface area (TPSA) is 117 Å². The van der Waals surface area contributed by atoms with Gasteiger partial charge in [-0.25, -0.2) is 4.79 Å². The van der Waals surface area contributed by atoms with Gasteiger partial charge in [-0.05, 0) is 78.4 Å². The van der Waals surface area contributed by atoms with Gasteiger partial charge >= 0.3 is 12.5 Å². The molecule has 1 saturated carbocycles. The fourth-order valence-corrected chi connectivity index (χ4v) is 5.57. The molecule has 1 aliphatic rings. The van der Waals surface area contributed by atoms with E-state index in [4.69, 9.17) is 38.2 Å². The van der Waals surface area contributed by atoms with E-state index in [0.29, 0.717) is 34.0 Å². The Morgan fingerprint density at radius 3 is 2.21 bits per heavy atom. The first kappa shape index (κ1) is 36.0. The van der Waals surface area contributed by atoms with E-state index in [1.807, 2.05) is 4.90 Å². The van der Waals surface area contributed by atoms with Gasteiger partial charge in [-0.15, -0.1) is 30.7 Å². The molecule has 1 aliphatic carbocycles. The highest BCUT2D eigenvalue weighted by Gasteiger charge is 2.32. The molecule has 0 unspecified atom stereocenters. The summed E-state index contributed by atoms with van der Waals surface area (Å²) in [6.45, 7) is 4.14. The largest absolute Gasteiger partial charge is 0.573 e. The van der Waals surface area contributed by atoms with Crippen molar-refractivity contribution >= 4 is 53.4 Å². The van der Waals surface area contributed by atoms with Crippen molar-refractivity contribution < 1.29 is 32.9 Å². The molecule has 0 spiro atoms. The normalized spacial score (nSPS) is 13.4. The monoisotopic (exact) mass is 668 g/mol. The predicted molar refractivity (Wildman–Crippen MR) is 161 cm³/mol. The van der Waals surface area contributed by atoms with Gasteiger partial charge in [-0.1, -0.05) is 47.6 Å². The average molecular weight is 670 g/mol. The molecule has 0 atom stereocenters. The summed E-state index contributed by atoms with van der Waals surface area (Å²) in [4.78, 5) is 14.0. The number of carbonyl (C=O) groups is 1. The number of carboxylic acid groups (broad SMARTS) is 2. The lowest BCUT2D eigenvalue weighted by Gasteiger charge is -2.33. The van der Waals surface area contributed by atoms with Crippen molar-refractivity contribution in [3.8, 4) is 5.75 Å². The third-order valence-corrected chi connectivity index (χ3v) is 7.08. The van der Waals surface area contributed by atoms with Crippen LogP contribution < -0.4 is 14.5 Å². The minimum Gasteiger partial charge on any atom is -0.450 e. The second kappa shape index (κ2) is 16.6.